The molecule has 0 radical (unpaired) electrons. The molecule has 9 nitrogen and oxygen atoms in total. The Balaban J connectivity index is 1.28. The fourth-order valence-corrected chi connectivity index (χ4v) is 4.68. The van der Waals surface area contributed by atoms with Gasteiger partial charge in [0.2, 0.25) is 0 Å². The highest BCUT2D eigenvalue weighted by molar-refractivity contribution is 5.95. The number of nitrogens with zero attached hydrogens (tertiary/aromatic N) is 5. The first-order valence-corrected chi connectivity index (χ1v) is 10.6. The van der Waals surface area contributed by atoms with Crippen molar-refractivity contribution in [1.82, 2.24) is 30.1 Å². The van der Waals surface area contributed by atoms with Crippen LogP contribution in [0.25, 0.3) is 10.8 Å². The fourth-order valence-electron chi connectivity index (χ4n) is 4.68. The first kappa shape index (κ1) is 19.7. The average molecular weight is 446 g/mol. The molecule has 2 aromatic heterocycles. The van der Waals surface area contributed by atoms with Gasteiger partial charge in [0.1, 0.15) is 5.82 Å². The van der Waals surface area contributed by atoms with Crippen LogP contribution >= 0.6 is 0 Å². The second-order valence-corrected chi connectivity index (χ2v) is 8.33. The Morgan fingerprint density at radius 2 is 2.03 bits per heavy atom. The van der Waals surface area contributed by atoms with E-state index in [2.05, 4.69) is 20.5 Å². The van der Waals surface area contributed by atoms with Gasteiger partial charge in [-0.05, 0) is 23.8 Å². The predicted molar refractivity (Wildman–Crippen MR) is 115 cm³/mol. The Hall–Kier alpha value is -3.92. The minimum Gasteiger partial charge on any atom is -0.368 e. The molecule has 1 N–H and O–H groups in total. The molecular formula is C23H19FN6O3. The van der Waals surface area contributed by atoms with Gasteiger partial charge in [-0.3, -0.25) is 9.59 Å². The van der Waals surface area contributed by atoms with Crippen LogP contribution in [0.2, 0.25) is 0 Å². The van der Waals surface area contributed by atoms with Crippen molar-refractivity contribution in [1.29, 1.82) is 0 Å². The van der Waals surface area contributed by atoms with E-state index in [1.807, 2.05) is 12.1 Å². The number of carbonyl (C=O) groups is 1. The number of hydrogen-bond acceptors (Lipinski definition) is 6. The molecule has 2 unspecified atom stereocenters. The van der Waals surface area contributed by atoms with Crippen LogP contribution in [0, 0.1) is 5.82 Å². The van der Waals surface area contributed by atoms with Crippen molar-refractivity contribution in [2.45, 2.75) is 25.2 Å². The molecule has 0 aliphatic carbocycles. The highest BCUT2D eigenvalue weighted by Gasteiger charge is 2.41. The largest absolute Gasteiger partial charge is 0.368 e. The molecule has 0 saturated carbocycles. The lowest BCUT2D eigenvalue weighted by atomic mass is 10.0. The fraction of sp³-hybridized carbons (Fsp3) is 0.261. The zero-order valence-electron chi connectivity index (χ0n) is 17.4. The van der Waals surface area contributed by atoms with Crippen molar-refractivity contribution < 1.29 is 13.9 Å². The maximum atomic E-state index is 14.7. The van der Waals surface area contributed by atoms with E-state index in [1.165, 1.54) is 6.07 Å². The van der Waals surface area contributed by atoms with Gasteiger partial charge in [0.05, 0.1) is 47.3 Å². The molecule has 10 heteroatoms. The van der Waals surface area contributed by atoms with Gasteiger partial charge in [-0.1, -0.05) is 29.5 Å². The Bertz CT molecular complexity index is 1450. The predicted octanol–water partition coefficient (Wildman–Crippen LogP) is 1.84. The molecule has 1 fully saturated rings. The van der Waals surface area contributed by atoms with Gasteiger partial charge in [-0.2, -0.15) is 5.10 Å². The second kappa shape index (κ2) is 7.59. The van der Waals surface area contributed by atoms with Crippen LogP contribution in [0.5, 0.6) is 0 Å². The van der Waals surface area contributed by atoms with Crippen LogP contribution in [-0.4, -0.2) is 55.2 Å². The van der Waals surface area contributed by atoms with Gasteiger partial charge in [0, 0.05) is 24.9 Å². The van der Waals surface area contributed by atoms with Crippen molar-refractivity contribution in [3.8, 4) is 0 Å². The minimum atomic E-state index is -0.583. The molecule has 2 aliphatic rings. The third kappa shape index (κ3) is 3.30. The molecule has 4 aromatic rings. The maximum Gasteiger partial charge on any atom is 0.272 e. The third-order valence-corrected chi connectivity index (χ3v) is 6.34. The van der Waals surface area contributed by atoms with E-state index in [-0.39, 0.29) is 23.3 Å². The number of aromatic nitrogens is 5. The summed E-state index contributed by atoms with van der Waals surface area (Å²) < 4.78 is 22.4. The smallest absolute Gasteiger partial charge is 0.272 e. The second-order valence-electron chi connectivity index (χ2n) is 8.33. The summed E-state index contributed by atoms with van der Waals surface area (Å²) in [5.74, 6) is -0.978. The molecular weight excluding hydrogens is 427 g/mol. The summed E-state index contributed by atoms with van der Waals surface area (Å²) in [5, 5.41) is 16.0. The molecule has 2 aromatic carbocycles. The van der Waals surface area contributed by atoms with E-state index >= 15 is 0 Å². The summed E-state index contributed by atoms with van der Waals surface area (Å²) in [6, 6.07) is 11.5. The van der Waals surface area contributed by atoms with Crippen molar-refractivity contribution in [2.24, 2.45) is 0 Å². The summed E-state index contributed by atoms with van der Waals surface area (Å²) in [5.41, 5.74) is 1.96. The Morgan fingerprint density at radius 1 is 1.18 bits per heavy atom. The van der Waals surface area contributed by atoms with Gasteiger partial charge in [-0.25, -0.2) is 14.2 Å². The summed E-state index contributed by atoms with van der Waals surface area (Å²) in [4.78, 5) is 26.9. The number of H-pyrrole nitrogens is 1. The Kier molecular flexibility index (Phi) is 4.54. The van der Waals surface area contributed by atoms with E-state index in [0.29, 0.717) is 37.2 Å². The number of carbonyl (C=O) groups excluding carboxylic acids is 1. The first-order chi connectivity index (χ1) is 16.1. The quantitative estimate of drug-likeness (QED) is 0.515. The molecule has 2 atom stereocenters. The number of nitrogens with one attached hydrogen (secondary N) is 1. The van der Waals surface area contributed by atoms with Gasteiger partial charge >= 0.3 is 0 Å². The number of fused-ring (bicyclic) bond motifs is 4. The summed E-state index contributed by atoms with van der Waals surface area (Å²) in [6.07, 6.45) is 1.79. The van der Waals surface area contributed by atoms with Crippen LogP contribution in [-0.2, 0) is 17.8 Å². The summed E-state index contributed by atoms with van der Waals surface area (Å²) in [7, 11) is 0. The number of likely N-dealkylation sites (tertiary alicyclic amines) is 1. The number of amides is 1. The summed E-state index contributed by atoms with van der Waals surface area (Å²) >= 11 is 0. The van der Waals surface area contributed by atoms with E-state index in [4.69, 9.17) is 4.74 Å². The van der Waals surface area contributed by atoms with Gasteiger partial charge < -0.3 is 9.64 Å². The SMILES string of the molecule is O=C(c1cc(Cc2n[nH]c(=O)c3ccccc23)ccc1F)N1CC2OCc3cnnn3C2C1. The van der Waals surface area contributed by atoms with Crippen molar-refractivity contribution in [2.75, 3.05) is 13.1 Å². The van der Waals surface area contributed by atoms with E-state index in [1.54, 1.807) is 40.0 Å². The van der Waals surface area contributed by atoms with Crippen molar-refractivity contribution in [3.63, 3.8) is 0 Å². The molecule has 1 saturated heterocycles. The molecule has 4 heterocycles. The molecule has 6 rings (SSSR count). The van der Waals surface area contributed by atoms with Gasteiger partial charge in [0.25, 0.3) is 11.5 Å². The lowest BCUT2D eigenvalue weighted by Crippen LogP contribution is -2.32. The molecule has 2 aliphatic heterocycles. The maximum absolute atomic E-state index is 14.7. The Morgan fingerprint density at radius 3 is 2.91 bits per heavy atom. The van der Waals surface area contributed by atoms with Gasteiger partial charge in [-0.15, -0.1) is 5.10 Å². The topological polar surface area (TPSA) is 106 Å². The van der Waals surface area contributed by atoms with E-state index in [9.17, 15) is 14.0 Å². The highest BCUT2D eigenvalue weighted by atomic mass is 19.1. The normalized spacial score (nSPS) is 19.5. The number of rotatable bonds is 3. The standard InChI is InChI=1S/C23H19FN6O3/c24-18-6-5-13(8-19-15-3-1-2-4-16(15)22(31)27-26-19)7-17(18)23(32)29-10-20-21(11-29)33-12-14-9-25-28-30(14)20/h1-7,9,20-21H,8,10-12H2,(H,27,31). The monoisotopic (exact) mass is 446 g/mol. The van der Waals surface area contributed by atoms with Crippen molar-refractivity contribution >= 4 is 16.7 Å². The minimum absolute atomic E-state index is 0.00121. The van der Waals surface area contributed by atoms with Gasteiger partial charge in [0.15, 0.2) is 0 Å². The zero-order chi connectivity index (χ0) is 22.5. The van der Waals surface area contributed by atoms with E-state index < -0.39 is 11.7 Å². The average Bonchev–Trinajstić information content (AvgIpc) is 3.48. The van der Waals surface area contributed by atoms with Crippen LogP contribution in [0.15, 0.2) is 53.5 Å². The third-order valence-electron chi connectivity index (χ3n) is 6.34. The Labute approximate surface area is 186 Å². The molecule has 166 valence electrons. The van der Waals surface area contributed by atoms with Crippen LogP contribution < -0.4 is 5.56 Å². The van der Waals surface area contributed by atoms with Crippen LogP contribution in [0.4, 0.5) is 4.39 Å². The lowest BCUT2D eigenvalue weighted by Gasteiger charge is -2.25. The number of aromatic amines is 1. The summed E-state index contributed by atoms with van der Waals surface area (Å²) in [6.45, 7) is 1.12. The molecule has 0 spiro atoms. The highest BCUT2D eigenvalue weighted by Crippen LogP contribution is 2.31. The van der Waals surface area contributed by atoms with E-state index in [0.717, 1.165) is 16.6 Å². The molecule has 0 bridgehead atoms. The lowest BCUT2D eigenvalue weighted by molar-refractivity contribution is -0.00489. The number of ether oxygens (including phenoxy) is 1. The number of halogens is 1. The first-order valence-electron chi connectivity index (χ1n) is 10.6. The van der Waals surface area contributed by atoms with Crippen LogP contribution in [0.1, 0.15) is 33.4 Å². The van der Waals surface area contributed by atoms with Crippen molar-refractivity contribution in [3.05, 3.63) is 87.3 Å². The van der Waals surface area contributed by atoms with Crippen LogP contribution in [0.3, 0.4) is 0 Å². The zero-order valence-corrected chi connectivity index (χ0v) is 17.4. The molecule has 1 amide bonds. The number of hydrogen-bond donors (Lipinski definition) is 1. The number of benzene rings is 2. The molecule has 33 heavy (non-hydrogen) atoms.